The molecule has 0 aliphatic carbocycles. The second kappa shape index (κ2) is 9.95. The predicted molar refractivity (Wildman–Crippen MR) is 110 cm³/mol. The molecule has 1 aliphatic rings. The molecule has 1 fully saturated rings. The van der Waals surface area contributed by atoms with E-state index in [9.17, 15) is 4.79 Å². The fourth-order valence-corrected chi connectivity index (χ4v) is 3.47. The number of hydrogen-bond donors (Lipinski definition) is 1. The van der Waals surface area contributed by atoms with Gasteiger partial charge < -0.3 is 24.4 Å². The van der Waals surface area contributed by atoms with Crippen molar-refractivity contribution >= 4 is 11.7 Å². The van der Waals surface area contributed by atoms with Gasteiger partial charge in [0.2, 0.25) is 11.8 Å². The Labute approximate surface area is 171 Å². The molecule has 2 heterocycles. The minimum Gasteiger partial charge on any atom is -0.493 e. The molecule has 1 amide bonds. The van der Waals surface area contributed by atoms with Crippen LogP contribution in [0.4, 0.5) is 5.82 Å². The van der Waals surface area contributed by atoms with Crippen molar-refractivity contribution in [2.75, 3.05) is 45.9 Å². The monoisotopic (exact) mass is 400 g/mol. The van der Waals surface area contributed by atoms with Crippen LogP contribution in [-0.4, -0.2) is 57.1 Å². The van der Waals surface area contributed by atoms with Gasteiger partial charge in [0.1, 0.15) is 0 Å². The third-order valence-electron chi connectivity index (χ3n) is 5.19. The van der Waals surface area contributed by atoms with Gasteiger partial charge in [0, 0.05) is 31.6 Å². The van der Waals surface area contributed by atoms with Crippen molar-refractivity contribution in [1.29, 1.82) is 0 Å². The number of nitrogens with one attached hydrogen (secondary N) is 1. The van der Waals surface area contributed by atoms with E-state index < -0.39 is 0 Å². The summed E-state index contributed by atoms with van der Waals surface area (Å²) in [6, 6.07) is 9.51. The number of anilines is 1. The van der Waals surface area contributed by atoms with Crippen LogP contribution in [-0.2, 0) is 11.2 Å². The average molecular weight is 400 g/mol. The number of carbonyl (C=O) groups excluding carboxylic acids is 1. The lowest BCUT2D eigenvalue weighted by atomic mass is 9.96. The summed E-state index contributed by atoms with van der Waals surface area (Å²) in [4.78, 5) is 14.7. The first-order valence-corrected chi connectivity index (χ1v) is 9.76. The minimum atomic E-state index is 0.0304. The number of rotatable bonds is 8. The summed E-state index contributed by atoms with van der Waals surface area (Å²) in [6.45, 7) is 2.17. The van der Waals surface area contributed by atoms with E-state index in [2.05, 4.69) is 20.4 Å². The summed E-state index contributed by atoms with van der Waals surface area (Å²) < 4.78 is 15.6. The van der Waals surface area contributed by atoms with Crippen molar-refractivity contribution in [3.63, 3.8) is 0 Å². The zero-order valence-electron chi connectivity index (χ0n) is 17.2. The minimum absolute atomic E-state index is 0.0304. The zero-order chi connectivity index (χ0) is 20.6. The summed E-state index contributed by atoms with van der Waals surface area (Å²) in [5, 5.41) is 11.3. The highest BCUT2D eigenvalue weighted by atomic mass is 16.5. The second-order valence-corrected chi connectivity index (χ2v) is 6.93. The molecule has 0 radical (unpaired) electrons. The van der Waals surface area contributed by atoms with Gasteiger partial charge in [0.15, 0.2) is 17.3 Å². The molecule has 1 N–H and O–H groups in total. The first kappa shape index (κ1) is 20.7. The Balaban J connectivity index is 1.44. The SMILES string of the molecule is COc1ccc(N2CCC(C(=O)NCCc3ccc(OC)c(OC)c3)CC2)nn1. The summed E-state index contributed by atoms with van der Waals surface area (Å²) in [7, 11) is 4.80. The fourth-order valence-electron chi connectivity index (χ4n) is 3.47. The number of carbonyl (C=O) groups is 1. The third kappa shape index (κ3) is 5.28. The molecule has 0 bridgehead atoms. The molecule has 0 spiro atoms. The number of methoxy groups -OCH3 is 3. The van der Waals surface area contributed by atoms with Gasteiger partial charge in [-0.3, -0.25) is 4.79 Å². The van der Waals surface area contributed by atoms with Crippen LogP contribution in [0, 0.1) is 5.92 Å². The lowest BCUT2D eigenvalue weighted by molar-refractivity contribution is -0.125. The highest BCUT2D eigenvalue weighted by molar-refractivity contribution is 5.79. The van der Waals surface area contributed by atoms with Gasteiger partial charge in [-0.05, 0) is 43.0 Å². The molecule has 1 aromatic heterocycles. The maximum absolute atomic E-state index is 12.5. The molecule has 29 heavy (non-hydrogen) atoms. The van der Waals surface area contributed by atoms with Crippen molar-refractivity contribution in [3.05, 3.63) is 35.9 Å². The van der Waals surface area contributed by atoms with Crippen LogP contribution in [0.15, 0.2) is 30.3 Å². The molecule has 156 valence electrons. The van der Waals surface area contributed by atoms with E-state index in [4.69, 9.17) is 14.2 Å². The zero-order valence-corrected chi connectivity index (χ0v) is 17.2. The largest absolute Gasteiger partial charge is 0.493 e. The van der Waals surface area contributed by atoms with E-state index in [1.165, 1.54) is 0 Å². The maximum atomic E-state index is 12.5. The maximum Gasteiger partial charge on any atom is 0.233 e. The third-order valence-corrected chi connectivity index (χ3v) is 5.19. The molecular formula is C21H28N4O4. The summed E-state index contributed by atoms with van der Waals surface area (Å²) in [6.07, 6.45) is 2.35. The van der Waals surface area contributed by atoms with E-state index in [1.54, 1.807) is 27.4 Å². The Morgan fingerprint density at radius 2 is 1.79 bits per heavy atom. The number of ether oxygens (including phenoxy) is 3. The quantitative estimate of drug-likeness (QED) is 0.726. The van der Waals surface area contributed by atoms with Crippen molar-refractivity contribution in [2.45, 2.75) is 19.3 Å². The van der Waals surface area contributed by atoms with Crippen LogP contribution >= 0.6 is 0 Å². The first-order valence-electron chi connectivity index (χ1n) is 9.76. The number of aromatic nitrogens is 2. The van der Waals surface area contributed by atoms with E-state index in [-0.39, 0.29) is 11.8 Å². The highest BCUT2D eigenvalue weighted by Crippen LogP contribution is 2.27. The molecule has 0 unspecified atom stereocenters. The predicted octanol–water partition coefficient (Wildman–Crippen LogP) is 2.08. The van der Waals surface area contributed by atoms with Gasteiger partial charge in [-0.25, -0.2) is 0 Å². The fraction of sp³-hybridized carbons (Fsp3) is 0.476. The standard InChI is InChI=1S/C21H28N4O4/c1-27-17-5-4-15(14-18(17)28-2)8-11-22-21(26)16-9-12-25(13-10-16)19-6-7-20(29-3)24-23-19/h4-7,14,16H,8-13H2,1-3H3,(H,22,26). The molecular weight excluding hydrogens is 372 g/mol. The van der Waals surface area contributed by atoms with E-state index in [1.807, 2.05) is 24.3 Å². The van der Waals surface area contributed by atoms with E-state index >= 15 is 0 Å². The number of amides is 1. The first-order chi connectivity index (χ1) is 14.1. The topological polar surface area (TPSA) is 85.8 Å². The van der Waals surface area contributed by atoms with Crippen molar-refractivity contribution < 1.29 is 19.0 Å². The van der Waals surface area contributed by atoms with Crippen LogP contribution in [0.5, 0.6) is 17.4 Å². The lowest BCUT2D eigenvalue weighted by Gasteiger charge is -2.31. The molecule has 8 heteroatoms. The van der Waals surface area contributed by atoms with E-state index in [0.717, 1.165) is 43.7 Å². The van der Waals surface area contributed by atoms with E-state index in [0.29, 0.717) is 23.9 Å². The molecule has 8 nitrogen and oxygen atoms in total. The Morgan fingerprint density at radius 1 is 1.03 bits per heavy atom. The summed E-state index contributed by atoms with van der Waals surface area (Å²) in [5.74, 6) is 2.86. The molecule has 0 atom stereocenters. The highest BCUT2D eigenvalue weighted by Gasteiger charge is 2.25. The molecule has 1 aliphatic heterocycles. The normalized spacial score (nSPS) is 14.4. The van der Waals surface area contributed by atoms with Crippen molar-refractivity contribution in [3.8, 4) is 17.4 Å². The molecule has 2 aromatic rings. The molecule has 1 saturated heterocycles. The van der Waals surface area contributed by atoms with Crippen LogP contribution in [0.2, 0.25) is 0 Å². The van der Waals surface area contributed by atoms with Gasteiger partial charge >= 0.3 is 0 Å². The van der Waals surface area contributed by atoms with Gasteiger partial charge in [-0.1, -0.05) is 6.07 Å². The number of benzene rings is 1. The van der Waals surface area contributed by atoms with Crippen LogP contribution < -0.4 is 24.4 Å². The molecule has 0 saturated carbocycles. The Bertz CT molecular complexity index is 805. The molecule has 3 rings (SSSR count). The van der Waals surface area contributed by atoms with Gasteiger partial charge in [0.05, 0.1) is 21.3 Å². The number of nitrogens with zero attached hydrogens (tertiary/aromatic N) is 3. The van der Waals surface area contributed by atoms with Gasteiger partial charge in [0.25, 0.3) is 0 Å². The summed E-state index contributed by atoms with van der Waals surface area (Å²) in [5.41, 5.74) is 1.09. The van der Waals surface area contributed by atoms with Gasteiger partial charge in [-0.2, -0.15) is 0 Å². The van der Waals surface area contributed by atoms with Crippen LogP contribution in [0.3, 0.4) is 0 Å². The number of piperidine rings is 1. The van der Waals surface area contributed by atoms with Crippen LogP contribution in [0.25, 0.3) is 0 Å². The smallest absolute Gasteiger partial charge is 0.233 e. The number of hydrogen-bond acceptors (Lipinski definition) is 7. The van der Waals surface area contributed by atoms with Gasteiger partial charge in [-0.15, -0.1) is 10.2 Å². The molecule has 1 aromatic carbocycles. The summed E-state index contributed by atoms with van der Waals surface area (Å²) >= 11 is 0. The average Bonchev–Trinajstić information content (AvgIpc) is 2.79. The Hall–Kier alpha value is -3.03. The Kier molecular flexibility index (Phi) is 7.10. The van der Waals surface area contributed by atoms with Crippen LogP contribution in [0.1, 0.15) is 18.4 Å². The lowest BCUT2D eigenvalue weighted by Crippen LogP contribution is -2.41. The Morgan fingerprint density at radius 3 is 2.41 bits per heavy atom. The van der Waals surface area contributed by atoms with Crippen molar-refractivity contribution in [1.82, 2.24) is 15.5 Å². The second-order valence-electron chi connectivity index (χ2n) is 6.93. The van der Waals surface area contributed by atoms with Crippen molar-refractivity contribution in [2.24, 2.45) is 5.92 Å².